The van der Waals surface area contributed by atoms with Crippen molar-refractivity contribution in [2.24, 2.45) is 0 Å². The van der Waals surface area contributed by atoms with E-state index in [1.165, 1.54) is 0 Å². The summed E-state index contributed by atoms with van der Waals surface area (Å²) in [5, 5.41) is 15.8. The summed E-state index contributed by atoms with van der Waals surface area (Å²) < 4.78 is 1.86. The Balaban J connectivity index is 1.88. The predicted molar refractivity (Wildman–Crippen MR) is 93.0 cm³/mol. The number of amides is 1. The molecule has 24 heavy (non-hydrogen) atoms. The molecule has 1 fully saturated rings. The van der Waals surface area contributed by atoms with Gasteiger partial charge in [-0.05, 0) is 39.7 Å². The summed E-state index contributed by atoms with van der Waals surface area (Å²) in [6.07, 6.45) is 5.34. The number of aliphatic hydroxyl groups is 1. The Labute approximate surface area is 142 Å². The first-order chi connectivity index (χ1) is 11.3. The van der Waals surface area contributed by atoms with E-state index in [1.54, 1.807) is 18.1 Å². The number of aryl methyl sites for hydroxylation is 1. The molecule has 2 heterocycles. The Morgan fingerprint density at radius 2 is 2.08 bits per heavy atom. The van der Waals surface area contributed by atoms with E-state index in [0.29, 0.717) is 17.8 Å². The van der Waals surface area contributed by atoms with Crippen molar-refractivity contribution in [1.29, 1.82) is 0 Å². The molecule has 0 unspecified atom stereocenters. The van der Waals surface area contributed by atoms with Crippen molar-refractivity contribution in [1.82, 2.24) is 19.7 Å². The number of nitrogens with zero attached hydrogens (tertiary/aromatic N) is 4. The van der Waals surface area contributed by atoms with Crippen molar-refractivity contribution >= 4 is 16.9 Å². The lowest BCUT2D eigenvalue weighted by Gasteiger charge is -2.29. The van der Waals surface area contributed by atoms with Gasteiger partial charge in [0.1, 0.15) is 0 Å². The molecule has 0 saturated heterocycles. The molecule has 1 aliphatic carbocycles. The Kier molecular flexibility index (Phi) is 4.34. The number of carbonyl (C=O) groups excluding carboxylic acids is 1. The van der Waals surface area contributed by atoms with Crippen LogP contribution in [0.1, 0.15) is 61.6 Å². The first-order valence-electron chi connectivity index (χ1n) is 8.63. The van der Waals surface area contributed by atoms with Gasteiger partial charge in [-0.3, -0.25) is 4.79 Å². The molecular formula is C18H26N4O2. The van der Waals surface area contributed by atoms with Crippen molar-refractivity contribution in [3.05, 3.63) is 23.5 Å². The van der Waals surface area contributed by atoms with Crippen LogP contribution >= 0.6 is 0 Å². The summed E-state index contributed by atoms with van der Waals surface area (Å²) in [6.45, 7) is 6.33. The fraction of sp³-hybridized carbons (Fsp3) is 0.611. The summed E-state index contributed by atoms with van der Waals surface area (Å²) in [7, 11) is 1.75. The molecule has 6 heteroatoms. The highest BCUT2D eigenvalue weighted by Gasteiger charge is 2.34. The third-order valence-corrected chi connectivity index (χ3v) is 4.89. The maximum atomic E-state index is 12.8. The zero-order chi connectivity index (χ0) is 17.5. The van der Waals surface area contributed by atoms with Crippen LogP contribution in [0.5, 0.6) is 0 Å². The van der Waals surface area contributed by atoms with E-state index in [2.05, 4.69) is 23.9 Å². The number of carbonyl (C=O) groups is 1. The molecule has 0 bridgehead atoms. The summed E-state index contributed by atoms with van der Waals surface area (Å²) in [5.41, 5.74) is 1.34. The average Bonchev–Trinajstić information content (AvgIpc) is 3.11. The van der Waals surface area contributed by atoms with E-state index in [0.717, 1.165) is 36.7 Å². The van der Waals surface area contributed by atoms with Crippen LogP contribution < -0.4 is 0 Å². The van der Waals surface area contributed by atoms with E-state index in [4.69, 9.17) is 0 Å². The van der Waals surface area contributed by atoms with E-state index in [-0.39, 0.29) is 11.9 Å². The Bertz CT molecular complexity index is 760. The number of hydrogen-bond donors (Lipinski definition) is 1. The summed E-state index contributed by atoms with van der Waals surface area (Å²) in [6, 6.07) is 2.08. The first-order valence-corrected chi connectivity index (χ1v) is 8.63. The normalized spacial score (nSPS) is 16.9. The van der Waals surface area contributed by atoms with Gasteiger partial charge in [0.2, 0.25) is 0 Å². The van der Waals surface area contributed by atoms with E-state index in [1.807, 2.05) is 17.7 Å². The van der Waals surface area contributed by atoms with Gasteiger partial charge in [0.05, 0.1) is 23.1 Å². The number of pyridine rings is 1. The quantitative estimate of drug-likeness (QED) is 0.935. The first kappa shape index (κ1) is 16.9. The van der Waals surface area contributed by atoms with Crippen LogP contribution in [-0.2, 0) is 0 Å². The van der Waals surface area contributed by atoms with Crippen LogP contribution in [0, 0.1) is 6.92 Å². The van der Waals surface area contributed by atoms with Gasteiger partial charge < -0.3 is 10.0 Å². The molecule has 130 valence electrons. The highest BCUT2D eigenvalue weighted by Crippen LogP contribution is 2.30. The second-order valence-corrected chi connectivity index (χ2v) is 7.31. The Morgan fingerprint density at radius 3 is 2.71 bits per heavy atom. The standard InChI is InChI=1S/C18H26N4O2/c1-12(2)22-16-14(10-19-22)9-15(13(3)20-16)17(23)21(4)11-18(24)7-5-6-8-18/h9-10,12,24H,5-8,11H2,1-4H3. The van der Waals surface area contributed by atoms with Crippen LogP contribution in [0.3, 0.4) is 0 Å². The van der Waals surface area contributed by atoms with Gasteiger partial charge in [-0.25, -0.2) is 9.67 Å². The maximum absolute atomic E-state index is 12.8. The maximum Gasteiger partial charge on any atom is 0.255 e. The second-order valence-electron chi connectivity index (χ2n) is 7.31. The van der Waals surface area contributed by atoms with E-state index >= 15 is 0 Å². The fourth-order valence-electron chi connectivity index (χ4n) is 3.57. The van der Waals surface area contributed by atoms with Crippen LogP contribution in [0.25, 0.3) is 11.0 Å². The monoisotopic (exact) mass is 330 g/mol. The average molecular weight is 330 g/mol. The highest BCUT2D eigenvalue weighted by molar-refractivity contribution is 5.98. The zero-order valence-corrected chi connectivity index (χ0v) is 14.9. The molecule has 0 aromatic carbocycles. The molecule has 1 amide bonds. The molecule has 0 radical (unpaired) electrons. The molecule has 1 N–H and O–H groups in total. The molecule has 1 saturated carbocycles. The number of fused-ring (bicyclic) bond motifs is 1. The minimum Gasteiger partial charge on any atom is -0.388 e. The van der Waals surface area contributed by atoms with Gasteiger partial charge in [0, 0.05) is 25.0 Å². The van der Waals surface area contributed by atoms with Crippen molar-refractivity contribution in [3.8, 4) is 0 Å². The summed E-state index contributed by atoms with van der Waals surface area (Å²) in [5.74, 6) is -0.0977. The molecule has 0 atom stereocenters. The van der Waals surface area contributed by atoms with Crippen LogP contribution in [-0.4, -0.2) is 49.9 Å². The van der Waals surface area contributed by atoms with E-state index in [9.17, 15) is 9.90 Å². The molecule has 3 rings (SSSR count). The van der Waals surface area contributed by atoms with Crippen LogP contribution in [0.4, 0.5) is 0 Å². The van der Waals surface area contributed by atoms with Gasteiger partial charge in [0.15, 0.2) is 5.65 Å². The topological polar surface area (TPSA) is 71.2 Å². The number of likely N-dealkylation sites (N-methyl/N-ethyl adjacent to an activating group) is 1. The Hall–Kier alpha value is -1.95. The molecule has 0 aliphatic heterocycles. The van der Waals surface area contributed by atoms with Gasteiger partial charge in [-0.2, -0.15) is 5.10 Å². The van der Waals surface area contributed by atoms with Crippen molar-refractivity contribution in [2.45, 2.75) is 58.1 Å². The molecular weight excluding hydrogens is 304 g/mol. The molecule has 2 aromatic heterocycles. The summed E-state index contributed by atoms with van der Waals surface area (Å²) in [4.78, 5) is 19.0. The van der Waals surface area contributed by atoms with Gasteiger partial charge in [0.25, 0.3) is 5.91 Å². The number of aromatic nitrogens is 3. The minimum absolute atomic E-state index is 0.0977. The highest BCUT2D eigenvalue weighted by atomic mass is 16.3. The largest absolute Gasteiger partial charge is 0.388 e. The van der Waals surface area contributed by atoms with Crippen LogP contribution in [0.2, 0.25) is 0 Å². The SMILES string of the molecule is Cc1nc2c(cnn2C(C)C)cc1C(=O)N(C)CC1(O)CCCC1. The van der Waals surface area contributed by atoms with Gasteiger partial charge in [-0.1, -0.05) is 12.8 Å². The smallest absolute Gasteiger partial charge is 0.255 e. The zero-order valence-electron chi connectivity index (χ0n) is 14.9. The van der Waals surface area contributed by atoms with Gasteiger partial charge in [-0.15, -0.1) is 0 Å². The van der Waals surface area contributed by atoms with Crippen molar-refractivity contribution < 1.29 is 9.90 Å². The van der Waals surface area contributed by atoms with Gasteiger partial charge >= 0.3 is 0 Å². The number of hydrogen-bond acceptors (Lipinski definition) is 4. The van der Waals surface area contributed by atoms with Crippen molar-refractivity contribution in [2.75, 3.05) is 13.6 Å². The lowest BCUT2D eigenvalue weighted by Crippen LogP contribution is -2.42. The van der Waals surface area contributed by atoms with Crippen molar-refractivity contribution in [3.63, 3.8) is 0 Å². The lowest BCUT2D eigenvalue weighted by molar-refractivity contribution is 0.0156. The predicted octanol–water partition coefficient (Wildman–Crippen LogP) is 2.70. The minimum atomic E-state index is -0.738. The summed E-state index contributed by atoms with van der Waals surface area (Å²) >= 11 is 0. The third-order valence-electron chi connectivity index (χ3n) is 4.89. The Morgan fingerprint density at radius 1 is 1.42 bits per heavy atom. The van der Waals surface area contributed by atoms with E-state index < -0.39 is 5.60 Å². The number of rotatable bonds is 4. The molecule has 6 nitrogen and oxygen atoms in total. The molecule has 1 aliphatic rings. The third kappa shape index (κ3) is 3.02. The molecule has 0 spiro atoms. The lowest BCUT2D eigenvalue weighted by atomic mass is 10.0. The fourth-order valence-corrected chi connectivity index (χ4v) is 3.57. The second kappa shape index (κ2) is 6.16. The van der Waals surface area contributed by atoms with Crippen LogP contribution in [0.15, 0.2) is 12.3 Å². The molecule has 2 aromatic rings.